The zero-order chi connectivity index (χ0) is 20.9. The summed E-state index contributed by atoms with van der Waals surface area (Å²) in [5.41, 5.74) is 0. The first-order valence-corrected chi connectivity index (χ1v) is 9.18. The van der Waals surface area contributed by atoms with E-state index in [2.05, 4.69) is 11.9 Å². The summed E-state index contributed by atoms with van der Waals surface area (Å²) in [6, 6.07) is 0. The Hall–Kier alpha value is -2.01. The number of carbonyl (C=O) groups is 3. The highest BCUT2D eigenvalue weighted by Crippen LogP contribution is 1.99. The average Bonchev–Trinajstić information content (AvgIpc) is 2.68. The molecule has 28 heavy (non-hydrogen) atoms. The van der Waals surface area contributed by atoms with E-state index in [4.69, 9.17) is 23.8 Å². The predicted molar refractivity (Wildman–Crippen MR) is 100 cm³/mol. The molecule has 10 nitrogen and oxygen atoms in total. The van der Waals surface area contributed by atoms with Crippen LogP contribution in [0.2, 0.25) is 0 Å². The van der Waals surface area contributed by atoms with E-state index in [1.807, 2.05) is 0 Å². The maximum atomic E-state index is 11.6. The second-order valence-electron chi connectivity index (χ2n) is 5.45. The summed E-state index contributed by atoms with van der Waals surface area (Å²) in [6.07, 6.45) is 3.08. The van der Waals surface area contributed by atoms with Crippen LogP contribution in [0.25, 0.3) is 0 Å². The van der Waals surface area contributed by atoms with Gasteiger partial charge >= 0.3 is 5.97 Å². The van der Waals surface area contributed by atoms with Crippen molar-refractivity contribution in [3.63, 3.8) is 0 Å². The lowest BCUT2D eigenvalue weighted by Gasteiger charge is -2.15. The van der Waals surface area contributed by atoms with Gasteiger partial charge in [0.25, 0.3) is 5.91 Å². The number of ether oxygens (including phenoxy) is 4. The third kappa shape index (κ3) is 17.4. The fourth-order valence-corrected chi connectivity index (χ4v) is 1.74. The summed E-state index contributed by atoms with van der Waals surface area (Å²) in [6.45, 7) is 7.14. The molecule has 0 heterocycles. The van der Waals surface area contributed by atoms with Crippen molar-refractivity contribution >= 4 is 18.3 Å². The second-order valence-corrected chi connectivity index (χ2v) is 5.45. The van der Waals surface area contributed by atoms with Crippen molar-refractivity contribution in [2.45, 2.75) is 19.3 Å². The maximum absolute atomic E-state index is 11.6. The van der Waals surface area contributed by atoms with Gasteiger partial charge in [0.2, 0.25) is 6.41 Å². The highest BCUT2D eigenvalue weighted by molar-refractivity contribution is 5.77. The molecule has 0 rings (SSSR count). The number of carbonyl (C=O) groups excluding carboxylic acids is 3. The average molecular weight is 404 g/mol. The Morgan fingerprint density at radius 3 is 1.96 bits per heavy atom. The summed E-state index contributed by atoms with van der Waals surface area (Å²) in [5, 5.41) is 3.42. The van der Waals surface area contributed by atoms with Gasteiger partial charge in [0.15, 0.2) is 0 Å². The standard InChI is InChI=1S/C18H32N2O8/c1-3-4-5-17(22)20(2)28-18(23)6-8-24-10-12-26-14-15-27-13-11-25-9-7-19-16-21/h3,16H,1,4-15H2,2H3,(H,19,21). The van der Waals surface area contributed by atoms with Gasteiger partial charge < -0.3 is 29.1 Å². The minimum atomic E-state index is -0.534. The Morgan fingerprint density at radius 2 is 1.43 bits per heavy atom. The SMILES string of the molecule is C=CCCC(=O)N(C)OC(=O)CCOCCOCCOCCOCCNC=O. The number of hydrogen-bond acceptors (Lipinski definition) is 8. The largest absolute Gasteiger partial charge is 0.378 e. The van der Waals surface area contributed by atoms with E-state index in [0.717, 1.165) is 5.06 Å². The van der Waals surface area contributed by atoms with Crippen molar-refractivity contribution < 1.29 is 38.2 Å². The van der Waals surface area contributed by atoms with Crippen LogP contribution < -0.4 is 5.32 Å². The van der Waals surface area contributed by atoms with Crippen molar-refractivity contribution in [1.29, 1.82) is 0 Å². The van der Waals surface area contributed by atoms with Crippen LogP contribution in [0.5, 0.6) is 0 Å². The van der Waals surface area contributed by atoms with Gasteiger partial charge in [-0.1, -0.05) is 6.08 Å². The lowest BCUT2D eigenvalue weighted by atomic mass is 10.3. The number of hydrogen-bond donors (Lipinski definition) is 1. The lowest BCUT2D eigenvalue weighted by Crippen LogP contribution is -2.30. The molecule has 0 aliphatic heterocycles. The highest BCUT2D eigenvalue weighted by atomic mass is 16.7. The summed E-state index contributed by atoms with van der Waals surface area (Å²) in [5.74, 6) is -0.820. The zero-order valence-corrected chi connectivity index (χ0v) is 16.6. The van der Waals surface area contributed by atoms with Crippen LogP contribution in [0, 0.1) is 0 Å². The molecule has 0 atom stereocenters. The minimum absolute atomic E-state index is 0.0462. The molecule has 1 N–H and O–H groups in total. The smallest absolute Gasteiger partial charge is 0.334 e. The van der Waals surface area contributed by atoms with Gasteiger partial charge in [0.1, 0.15) is 0 Å². The zero-order valence-electron chi connectivity index (χ0n) is 16.6. The molecule has 10 heteroatoms. The van der Waals surface area contributed by atoms with E-state index in [-0.39, 0.29) is 25.4 Å². The normalized spacial score (nSPS) is 10.3. The van der Waals surface area contributed by atoms with Crippen LogP contribution in [0.15, 0.2) is 12.7 Å². The van der Waals surface area contributed by atoms with Gasteiger partial charge in [0.05, 0.1) is 59.3 Å². The molecule has 0 aromatic rings. The Bertz CT molecular complexity index is 434. The molecule has 0 aromatic heterocycles. The molecule has 0 radical (unpaired) electrons. The van der Waals surface area contributed by atoms with Gasteiger partial charge in [0, 0.05) is 20.0 Å². The Labute approximate surface area is 166 Å². The summed E-state index contributed by atoms with van der Waals surface area (Å²) >= 11 is 0. The minimum Gasteiger partial charge on any atom is -0.378 e. The monoisotopic (exact) mass is 404 g/mol. The Kier molecular flexibility index (Phi) is 18.3. The van der Waals surface area contributed by atoms with E-state index in [1.165, 1.54) is 7.05 Å². The van der Waals surface area contributed by atoms with E-state index in [1.54, 1.807) is 6.08 Å². The van der Waals surface area contributed by atoms with Crippen molar-refractivity contribution in [1.82, 2.24) is 10.4 Å². The number of allylic oxidation sites excluding steroid dienone is 1. The summed E-state index contributed by atoms with van der Waals surface area (Å²) < 4.78 is 21.1. The fourth-order valence-electron chi connectivity index (χ4n) is 1.74. The first kappa shape index (κ1) is 26.0. The van der Waals surface area contributed by atoms with Gasteiger partial charge in [-0.3, -0.25) is 9.59 Å². The van der Waals surface area contributed by atoms with Crippen molar-refractivity contribution in [2.75, 3.05) is 66.4 Å². The Morgan fingerprint density at radius 1 is 0.893 bits per heavy atom. The van der Waals surface area contributed by atoms with E-state index in [9.17, 15) is 14.4 Å². The van der Waals surface area contributed by atoms with Gasteiger partial charge in [-0.15, -0.1) is 6.58 Å². The number of hydroxylamine groups is 2. The van der Waals surface area contributed by atoms with Crippen LogP contribution in [-0.4, -0.2) is 89.8 Å². The van der Waals surface area contributed by atoms with Gasteiger partial charge in [-0.25, -0.2) is 4.79 Å². The summed E-state index contributed by atoms with van der Waals surface area (Å²) in [7, 11) is 1.40. The van der Waals surface area contributed by atoms with Crippen molar-refractivity contribution in [3.05, 3.63) is 12.7 Å². The highest BCUT2D eigenvalue weighted by Gasteiger charge is 2.13. The fraction of sp³-hybridized carbons (Fsp3) is 0.722. The molecule has 0 aromatic carbocycles. The van der Waals surface area contributed by atoms with Gasteiger partial charge in [-0.2, -0.15) is 5.06 Å². The molecule has 0 unspecified atom stereocenters. The number of nitrogens with one attached hydrogen (secondary N) is 1. The van der Waals surface area contributed by atoms with Crippen LogP contribution in [0.3, 0.4) is 0 Å². The molecule has 162 valence electrons. The molecule has 0 spiro atoms. The van der Waals surface area contributed by atoms with E-state index >= 15 is 0 Å². The first-order valence-electron chi connectivity index (χ1n) is 9.18. The lowest BCUT2D eigenvalue weighted by molar-refractivity contribution is -0.193. The third-order valence-corrected chi connectivity index (χ3v) is 3.19. The van der Waals surface area contributed by atoms with Crippen LogP contribution >= 0.6 is 0 Å². The predicted octanol–water partition coefficient (Wildman–Crippen LogP) is 0.0717. The molecule has 0 aliphatic rings. The molecule has 0 fully saturated rings. The number of amides is 2. The van der Waals surface area contributed by atoms with E-state index in [0.29, 0.717) is 65.6 Å². The van der Waals surface area contributed by atoms with Crippen LogP contribution in [-0.2, 0) is 38.2 Å². The maximum Gasteiger partial charge on any atom is 0.334 e. The topological polar surface area (TPSA) is 113 Å². The molecule has 0 saturated heterocycles. The third-order valence-electron chi connectivity index (χ3n) is 3.19. The quantitative estimate of drug-likeness (QED) is 0.139. The van der Waals surface area contributed by atoms with Crippen molar-refractivity contribution in [3.8, 4) is 0 Å². The molecular formula is C18H32N2O8. The molecule has 2 amide bonds. The van der Waals surface area contributed by atoms with E-state index < -0.39 is 5.97 Å². The van der Waals surface area contributed by atoms with Crippen LogP contribution in [0.4, 0.5) is 0 Å². The van der Waals surface area contributed by atoms with Crippen LogP contribution in [0.1, 0.15) is 19.3 Å². The first-order chi connectivity index (χ1) is 13.6. The number of nitrogens with zero attached hydrogens (tertiary/aromatic N) is 1. The van der Waals surface area contributed by atoms with Crippen molar-refractivity contribution in [2.24, 2.45) is 0 Å². The Balaban J connectivity index is 3.34. The second kappa shape index (κ2) is 19.7. The molecule has 0 aliphatic carbocycles. The number of rotatable bonds is 19. The van der Waals surface area contributed by atoms with Gasteiger partial charge in [-0.05, 0) is 6.42 Å². The molecule has 0 bridgehead atoms. The molecular weight excluding hydrogens is 372 g/mol. The molecule has 0 saturated carbocycles. The summed E-state index contributed by atoms with van der Waals surface area (Å²) in [4.78, 5) is 38.0.